The van der Waals surface area contributed by atoms with Crippen LogP contribution in [-0.4, -0.2) is 0 Å². The third-order valence-corrected chi connectivity index (χ3v) is 3.25. The van der Waals surface area contributed by atoms with Crippen LogP contribution < -0.4 is 0 Å². The van der Waals surface area contributed by atoms with E-state index < -0.39 is 0 Å². The molecule has 0 aliphatic carbocycles. The first-order valence-electron chi connectivity index (χ1n) is 6.02. The lowest BCUT2D eigenvalue weighted by atomic mass is 9.76. The van der Waals surface area contributed by atoms with E-state index in [9.17, 15) is 0 Å². The highest BCUT2D eigenvalue weighted by Crippen LogP contribution is 2.33. The molecule has 0 spiro atoms. The molecule has 0 aliphatic heterocycles. The fourth-order valence-electron chi connectivity index (χ4n) is 2.26. The van der Waals surface area contributed by atoms with Crippen LogP contribution in [0.3, 0.4) is 0 Å². The average Bonchev–Trinajstić information content (AvgIpc) is 2.41. The predicted molar refractivity (Wildman–Crippen MR) is 74.2 cm³/mol. The van der Waals surface area contributed by atoms with Gasteiger partial charge in [0.15, 0.2) is 0 Å². The molecule has 0 saturated heterocycles. The molecule has 0 atom stereocenters. The molecule has 0 nitrogen and oxygen atoms in total. The van der Waals surface area contributed by atoms with Gasteiger partial charge in [-0.3, -0.25) is 0 Å². The highest BCUT2D eigenvalue weighted by atomic mass is 14.3. The summed E-state index contributed by atoms with van der Waals surface area (Å²) in [6.07, 6.45) is 4.39. The first-order valence-corrected chi connectivity index (χ1v) is 6.02. The van der Waals surface area contributed by atoms with E-state index in [1.165, 1.54) is 11.1 Å². The highest BCUT2D eigenvalue weighted by Gasteiger charge is 2.24. The summed E-state index contributed by atoms with van der Waals surface area (Å²) >= 11 is 0. The van der Waals surface area contributed by atoms with Gasteiger partial charge < -0.3 is 0 Å². The topological polar surface area (TPSA) is 0 Å². The van der Waals surface area contributed by atoms with Crippen LogP contribution in [0.15, 0.2) is 72.8 Å². The van der Waals surface area contributed by atoms with E-state index in [1.54, 1.807) is 0 Å². The Hall–Kier alpha value is -1.82. The normalized spacial score (nSPS) is 11.9. The number of hydrogen-bond acceptors (Lipinski definition) is 0. The largest absolute Gasteiger partial charge is 0.0905 e. The van der Waals surface area contributed by atoms with E-state index in [0.717, 1.165) is 0 Å². The van der Waals surface area contributed by atoms with Crippen molar-refractivity contribution in [2.24, 2.45) is 0 Å². The minimum absolute atomic E-state index is 0.0444. The number of hydrogen-bond donors (Lipinski definition) is 0. The Labute approximate surface area is 104 Å². The van der Waals surface area contributed by atoms with Gasteiger partial charge in [0.05, 0.1) is 0 Å². The van der Waals surface area contributed by atoms with Crippen LogP contribution in [0.4, 0.5) is 0 Å². The summed E-state index contributed by atoms with van der Waals surface area (Å²) in [5, 5.41) is 0. The van der Waals surface area contributed by atoms with E-state index in [2.05, 4.69) is 86.7 Å². The second-order valence-electron chi connectivity index (χ2n) is 4.43. The predicted octanol–water partition coefficient (Wildman–Crippen LogP) is 4.57. The maximum atomic E-state index is 2.26. The van der Waals surface area contributed by atoms with Crippen molar-refractivity contribution in [2.75, 3.05) is 0 Å². The maximum Gasteiger partial charge on any atom is 0.0353 e. The molecule has 0 unspecified atom stereocenters. The van der Waals surface area contributed by atoms with Gasteiger partial charge in [0.25, 0.3) is 0 Å². The van der Waals surface area contributed by atoms with Gasteiger partial charge in [0, 0.05) is 5.41 Å². The molecule has 0 bridgehead atoms. The fourth-order valence-corrected chi connectivity index (χ4v) is 2.26. The molecule has 17 heavy (non-hydrogen) atoms. The van der Waals surface area contributed by atoms with Crippen molar-refractivity contribution in [2.45, 2.75) is 19.3 Å². The van der Waals surface area contributed by atoms with Gasteiger partial charge in [-0.1, -0.05) is 72.8 Å². The minimum Gasteiger partial charge on any atom is -0.0905 e. The smallest absolute Gasteiger partial charge is 0.0353 e. The van der Waals surface area contributed by atoms with Crippen molar-refractivity contribution < 1.29 is 0 Å². The van der Waals surface area contributed by atoms with Gasteiger partial charge in [0.1, 0.15) is 0 Å². The average molecular weight is 222 g/mol. The van der Waals surface area contributed by atoms with E-state index in [0.29, 0.717) is 0 Å². The molecule has 0 heterocycles. The van der Waals surface area contributed by atoms with Crippen LogP contribution in [0.5, 0.6) is 0 Å². The zero-order valence-electron chi connectivity index (χ0n) is 10.4. The van der Waals surface area contributed by atoms with Gasteiger partial charge in [-0.2, -0.15) is 0 Å². The first-order chi connectivity index (χ1) is 8.27. The van der Waals surface area contributed by atoms with E-state index in [4.69, 9.17) is 0 Å². The molecule has 0 heteroatoms. The molecule has 0 aromatic heterocycles. The second-order valence-corrected chi connectivity index (χ2v) is 4.43. The van der Waals surface area contributed by atoms with Crippen LogP contribution in [0.2, 0.25) is 0 Å². The SMILES string of the molecule is CC=CC(C)(c1ccccc1)c1ccccc1. The lowest BCUT2D eigenvalue weighted by Gasteiger charge is -2.27. The first kappa shape index (κ1) is 11.7. The van der Waals surface area contributed by atoms with Crippen LogP contribution in [0.1, 0.15) is 25.0 Å². The third kappa shape index (κ3) is 2.31. The summed E-state index contributed by atoms with van der Waals surface area (Å²) in [6, 6.07) is 21.3. The summed E-state index contributed by atoms with van der Waals surface area (Å²) in [7, 11) is 0. The lowest BCUT2D eigenvalue weighted by Crippen LogP contribution is -2.20. The van der Waals surface area contributed by atoms with Crippen molar-refractivity contribution in [1.29, 1.82) is 0 Å². The third-order valence-electron chi connectivity index (χ3n) is 3.25. The molecule has 0 fully saturated rings. The zero-order chi connectivity index (χ0) is 12.1. The highest BCUT2D eigenvalue weighted by molar-refractivity contribution is 5.43. The summed E-state index contributed by atoms with van der Waals surface area (Å²) in [5.74, 6) is 0. The van der Waals surface area contributed by atoms with Crippen molar-refractivity contribution in [3.8, 4) is 0 Å². The summed E-state index contributed by atoms with van der Waals surface area (Å²) < 4.78 is 0. The van der Waals surface area contributed by atoms with Gasteiger partial charge in [0.2, 0.25) is 0 Å². The second kappa shape index (κ2) is 5.01. The standard InChI is InChI=1S/C17H18/c1-3-14-17(2,15-10-6-4-7-11-15)16-12-8-5-9-13-16/h3-14H,1-2H3. The monoisotopic (exact) mass is 222 g/mol. The number of benzene rings is 2. The van der Waals surface area contributed by atoms with E-state index >= 15 is 0 Å². The lowest BCUT2D eigenvalue weighted by molar-refractivity contribution is 0.722. The van der Waals surface area contributed by atoms with Gasteiger partial charge in [-0.25, -0.2) is 0 Å². The van der Waals surface area contributed by atoms with Crippen molar-refractivity contribution in [1.82, 2.24) is 0 Å². The number of allylic oxidation sites excluding steroid dienone is 2. The van der Waals surface area contributed by atoms with Crippen LogP contribution >= 0.6 is 0 Å². The molecule has 0 aliphatic rings. The maximum absolute atomic E-state index is 2.26. The molecule has 2 rings (SSSR count). The summed E-state index contributed by atoms with van der Waals surface area (Å²) in [6.45, 7) is 4.34. The van der Waals surface area contributed by atoms with Gasteiger partial charge in [-0.05, 0) is 25.0 Å². The van der Waals surface area contributed by atoms with Crippen LogP contribution in [0.25, 0.3) is 0 Å². The van der Waals surface area contributed by atoms with Gasteiger partial charge >= 0.3 is 0 Å². The fraction of sp³-hybridized carbons (Fsp3) is 0.176. The van der Waals surface area contributed by atoms with E-state index in [-0.39, 0.29) is 5.41 Å². The Balaban J connectivity index is 2.55. The van der Waals surface area contributed by atoms with Crippen molar-refractivity contribution in [3.05, 3.63) is 83.9 Å². The molecule has 0 saturated carbocycles. The zero-order valence-corrected chi connectivity index (χ0v) is 10.4. The molecule has 0 radical (unpaired) electrons. The van der Waals surface area contributed by atoms with Crippen molar-refractivity contribution in [3.63, 3.8) is 0 Å². The molecule has 2 aromatic rings. The molecule has 0 amide bonds. The summed E-state index contributed by atoms with van der Waals surface area (Å²) in [4.78, 5) is 0. The summed E-state index contributed by atoms with van der Waals surface area (Å²) in [5.41, 5.74) is 2.60. The Bertz CT molecular complexity index is 440. The molecule has 2 aromatic carbocycles. The number of rotatable bonds is 3. The Morgan fingerprint density at radius 1 is 0.765 bits per heavy atom. The molecule has 0 N–H and O–H groups in total. The molecule has 86 valence electrons. The Morgan fingerprint density at radius 3 is 1.53 bits per heavy atom. The van der Waals surface area contributed by atoms with Crippen LogP contribution in [0, 0.1) is 0 Å². The molecular weight excluding hydrogens is 204 g/mol. The Morgan fingerprint density at radius 2 is 1.18 bits per heavy atom. The van der Waals surface area contributed by atoms with E-state index in [1.807, 2.05) is 0 Å². The van der Waals surface area contributed by atoms with Crippen molar-refractivity contribution >= 4 is 0 Å². The molecular formula is C17H18. The Kier molecular flexibility index (Phi) is 3.43. The quantitative estimate of drug-likeness (QED) is 0.667. The van der Waals surface area contributed by atoms with Gasteiger partial charge in [-0.15, -0.1) is 0 Å². The minimum atomic E-state index is -0.0444. The van der Waals surface area contributed by atoms with Crippen LogP contribution in [-0.2, 0) is 5.41 Å².